The van der Waals surface area contributed by atoms with Gasteiger partial charge in [0.1, 0.15) is 5.82 Å². The molecule has 3 N–H and O–H groups in total. The highest BCUT2D eigenvalue weighted by atomic mass is 32.2. The lowest BCUT2D eigenvalue weighted by molar-refractivity contribution is 0.554. The molecule has 0 saturated carbocycles. The maximum absolute atomic E-state index is 13.5. The largest absolute Gasteiger partial charge is 0.396 e. The van der Waals surface area contributed by atoms with Crippen LogP contribution in [0.15, 0.2) is 11.0 Å². The minimum absolute atomic E-state index is 0.00544. The van der Waals surface area contributed by atoms with Gasteiger partial charge in [0.05, 0.1) is 10.6 Å². The minimum atomic E-state index is -3.80. The molecule has 5 nitrogen and oxygen atoms in total. The van der Waals surface area contributed by atoms with E-state index in [9.17, 15) is 17.0 Å². The van der Waals surface area contributed by atoms with E-state index in [1.54, 1.807) is 13.2 Å². The van der Waals surface area contributed by atoms with Gasteiger partial charge in [-0.3, -0.25) is 4.21 Å². The fraction of sp³-hybridized carbons (Fsp3) is 0.538. The first-order valence-corrected chi connectivity index (χ1v) is 9.64. The van der Waals surface area contributed by atoms with Crippen LogP contribution in [0.2, 0.25) is 0 Å². The fourth-order valence-electron chi connectivity index (χ4n) is 2.07. The van der Waals surface area contributed by atoms with Gasteiger partial charge in [-0.15, -0.1) is 0 Å². The molecule has 0 aromatic heterocycles. The average molecular weight is 336 g/mol. The molecule has 120 valence electrons. The Kier molecular flexibility index (Phi) is 5.89. The summed E-state index contributed by atoms with van der Waals surface area (Å²) in [6, 6.07) is 0.742. The molecule has 8 heteroatoms. The molecule has 2 atom stereocenters. The van der Waals surface area contributed by atoms with Crippen molar-refractivity contribution in [2.45, 2.75) is 38.1 Å². The number of benzene rings is 1. The Labute approximate surface area is 127 Å². The van der Waals surface area contributed by atoms with Gasteiger partial charge in [-0.25, -0.2) is 17.5 Å². The van der Waals surface area contributed by atoms with Crippen molar-refractivity contribution in [1.82, 2.24) is 4.72 Å². The molecule has 2 unspecified atom stereocenters. The summed E-state index contributed by atoms with van der Waals surface area (Å²) < 4.78 is 51.9. The Morgan fingerprint density at radius 3 is 2.52 bits per heavy atom. The van der Waals surface area contributed by atoms with E-state index in [4.69, 9.17) is 5.73 Å². The van der Waals surface area contributed by atoms with E-state index >= 15 is 0 Å². The van der Waals surface area contributed by atoms with Crippen LogP contribution in [-0.4, -0.2) is 30.7 Å². The Morgan fingerprint density at radius 2 is 2.00 bits per heavy atom. The first-order valence-electron chi connectivity index (χ1n) is 6.43. The second-order valence-electron chi connectivity index (χ2n) is 5.13. The SMILES string of the molecule is Cc1cc(F)c(N)c(C)c1S(=O)(=O)NC(C)CCS(C)=O. The fourth-order valence-corrected chi connectivity index (χ4v) is 4.52. The molecule has 1 rings (SSSR count). The summed E-state index contributed by atoms with van der Waals surface area (Å²) in [5, 5.41) is 0. The molecule has 0 radical (unpaired) electrons. The number of rotatable bonds is 6. The smallest absolute Gasteiger partial charge is 0.241 e. The predicted octanol–water partition coefficient (Wildman–Crippen LogP) is 1.46. The molecule has 0 heterocycles. The second kappa shape index (κ2) is 6.85. The van der Waals surface area contributed by atoms with Crippen molar-refractivity contribution in [3.8, 4) is 0 Å². The number of halogens is 1. The third-order valence-corrected chi connectivity index (χ3v) is 5.86. The predicted molar refractivity (Wildman–Crippen MR) is 83.6 cm³/mol. The van der Waals surface area contributed by atoms with Crippen LogP contribution in [0.3, 0.4) is 0 Å². The van der Waals surface area contributed by atoms with Crippen LogP contribution in [-0.2, 0) is 20.8 Å². The zero-order valence-electron chi connectivity index (χ0n) is 12.6. The van der Waals surface area contributed by atoms with Crippen LogP contribution in [0.25, 0.3) is 0 Å². The van der Waals surface area contributed by atoms with Gasteiger partial charge in [0.15, 0.2) is 0 Å². The van der Waals surface area contributed by atoms with Crippen molar-refractivity contribution in [3.05, 3.63) is 23.0 Å². The van der Waals surface area contributed by atoms with Crippen LogP contribution >= 0.6 is 0 Å². The molecule has 1 aromatic carbocycles. The molecule has 0 saturated heterocycles. The van der Waals surface area contributed by atoms with E-state index in [0.717, 1.165) is 6.07 Å². The third-order valence-electron chi connectivity index (χ3n) is 3.17. The summed E-state index contributed by atoms with van der Waals surface area (Å²) >= 11 is 0. The van der Waals surface area contributed by atoms with Gasteiger partial charge < -0.3 is 5.73 Å². The molecule has 0 aliphatic rings. The number of nitrogens with two attached hydrogens (primary N) is 1. The molecule has 1 aromatic rings. The molecular formula is C13H21FN2O3S2. The van der Waals surface area contributed by atoms with Crippen LogP contribution in [0.1, 0.15) is 24.5 Å². The molecule has 0 aliphatic heterocycles. The summed E-state index contributed by atoms with van der Waals surface area (Å²) in [4.78, 5) is 0.00544. The second-order valence-corrected chi connectivity index (χ2v) is 8.34. The topological polar surface area (TPSA) is 89.3 Å². The first-order chi connectivity index (χ1) is 9.56. The van der Waals surface area contributed by atoms with Crippen molar-refractivity contribution in [2.75, 3.05) is 17.7 Å². The number of nitrogens with one attached hydrogen (secondary N) is 1. The van der Waals surface area contributed by atoms with Gasteiger partial charge in [-0.05, 0) is 44.4 Å². The number of nitrogen functional groups attached to an aromatic ring is 1. The van der Waals surface area contributed by atoms with E-state index in [1.807, 2.05) is 0 Å². The lowest BCUT2D eigenvalue weighted by Crippen LogP contribution is -2.34. The summed E-state index contributed by atoms with van der Waals surface area (Å²) in [7, 11) is -4.78. The monoisotopic (exact) mass is 336 g/mol. The van der Waals surface area contributed by atoms with Crippen molar-refractivity contribution in [1.29, 1.82) is 0 Å². The van der Waals surface area contributed by atoms with E-state index in [1.165, 1.54) is 13.8 Å². The summed E-state index contributed by atoms with van der Waals surface area (Å²) in [5.74, 6) is -0.217. The number of aryl methyl sites for hydroxylation is 1. The Morgan fingerprint density at radius 1 is 1.43 bits per heavy atom. The molecule has 0 fully saturated rings. The van der Waals surface area contributed by atoms with Crippen molar-refractivity contribution >= 4 is 26.5 Å². The molecule has 0 amide bonds. The number of anilines is 1. The van der Waals surface area contributed by atoms with E-state index in [2.05, 4.69) is 4.72 Å². The van der Waals surface area contributed by atoms with Gasteiger partial charge >= 0.3 is 0 Å². The highest BCUT2D eigenvalue weighted by Gasteiger charge is 2.24. The quantitative estimate of drug-likeness (QED) is 0.770. The van der Waals surface area contributed by atoms with Crippen molar-refractivity contribution in [2.24, 2.45) is 0 Å². The van der Waals surface area contributed by atoms with E-state index < -0.39 is 26.6 Å². The van der Waals surface area contributed by atoms with Gasteiger partial charge in [-0.1, -0.05) is 0 Å². The zero-order chi connectivity index (χ0) is 16.4. The molecule has 0 bridgehead atoms. The summed E-state index contributed by atoms with van der Waals surface area (Å²) in [5.41, 5.74) is 5.91. The van der Waals surface area contributed by atoms with Crippen LogP contribution in [0, 0.1) is 19.7 Å². The normalized spacial score (nSPS) is 14.9. The van der Waals surface area contributed by atoms with E-state index in [-0.39, 0.29) is 22.2 Å². The molecule has 0 aliphatic carbocycles. The van der Waals surface area contributed by atoms with Crippen LogP contribution in [0.4, 0.5) is 10.1 Å². The maximum atomic E-state index is 13.5. The first kappa shape index (κ1) is 18.1. The molecule has 0 spiro atoms. The number of hydrogen-bond donors (Lipinski definition) is 2. The molecule has 21 heavy (non-hydrogen) atoms. The summed E-state index contributed by atoms with van der Waals surface area (Å²) in [6.45, 7) is 4.70. The number of sulfonamides is 1. The highest BCUT2D eigenvalue weighted by Crippen LogP contribution is 2.27. The Hall–Kier alpha value is -0.990. The lowest BCUT2D eigenvalue weighted by atomic mass is 10.1. The van der Waals surface area contributed by atoms with E-state index in [0.29, 0.717) is 17.7 Å². The highest BCUT2D eigenvalue weighted by molar-refractivity contribution is 7.89. The maximum Gasteiger partial charge on any atom is 0.241 e. The van der Waals surface area contributed by atoms with Crippen LogP contribution in [0.5, 0.6) is 0 Å². The molecular weight excluding hydrogens is 315 g/mol. The minimum Gasteiger partial charge on any atom is -0.396 e. The van der Waals surface area contributed by atoms with Gasteiger partial charge in [0.2, 0.25) is 10.0 Å². The van der Waals surface area contributed by atoms with Crippen LogP contribution < -0.4 is 10.5 Å². The standard InChI is InChI=1S/C13H21FN2O3S2/c1-8-7-11(14)12(15)10(3)13(8)21(18,19)16-9(2)5-6-20(4)17/h7,9,16H,5-6,15H2,1-4H3. The average Bonchev–Trinajstić information content (AvgIpc) is 2.32. The van der Waals surface area contributed by atoms with Crippen molar-refractivity contribution < 1.29 is 17.0 Å². The zero-order valence-corrected chi connectivity index (χ0v) is 14.2. The number of hydrogen-bond acceptors (Lipinski definition) is 4. The third kappa shape index (κ3) is 4.49. The Bertz CT molecular complexity index is 660. The van der Waals surface area contributed by atoms with Crippen molar-refractivity contribution in [3.63, 3.8) is 0 Å². The van der Waals surface area contributed by atoms with Gasteiger partial charge in [-0.2, -0.15) is 0 Å². The lowest BCUT2D eigenvalue weighted by Gasteiger charge is -2.18. The van der Waals surface area contributed by atoms with Gasteiger partial charge in [0.25, 0.3) is 0 Å². The Balaban J connectivity index is 3.09. The summed E-state index contributed by atoms with van der Waals surface area (Å²) in [6.07, 6.45) is 2.02. The van der Waals surface area contributed by atoms with Gasteiger partial charge in [0, 0.05) is 28.9 Å².